The molecule has 178 valence electrons. The molecule has 5 aromatic rings. The minimum Gasteiger partial charge on any atom is -0.489 e. The van der Waals surface area contributed by atoms with Gasteiger partial charge in [0.1, 0.15) is 23.6 Å². The van der Waals surface area contributed by atoms with E-state index < -0.39 is 0 Å². The van der Waals surface area contributed by atoms with Crippen LogP contribution in [0.2, 0.25) is 0 Å². The molecular weight excluding hydrogens is 452 g/mol. The first-order valence-corrected chi connectivity index (χ1v) is 12.0. The van der Waals surface area contributed by atoms with Gasteiger partial charge < -0.3 is 19.1 Å². The predicted molar refractivity (Wildman–Crippen MR) is 138 cm³/mol. The number of ether oxygens (including phenoxy) is 1. The van der Waals surface area contributed by atoms with Crippen LogP contribution in [0.25, 0.3) is 44.5 Å². The maximum Gasteiger partial charge on any atom is 0.159 e. The van der Waals surface area contributed by atoms with Crippen molar-refractivity contribution in [2.75, 3.05) is 38.2 Å². The Labute approximate surface area is 207 Å². The molecule has 1 atom stereocenters. The van der Waals surface area contributed by atoms with Crippen molar-refractivity contribution < 1.29 is 4.74 Å². The number of nitrogens with zero attached hydrogens (tertiary/aromatic N) is 7. The number of benzene rings is 2. The molecule has 0 spiro atoms. The van der Waals surface area contributed by atoms with Crippen LogP contribution in [0.15, 0.2) is 48.9 Å². The van der Waals surface area contributed by atoms with Crippen LogP contribution in [0.3, 0.4) is 0 Å². The van der Waals surface area contributed by atoms with Gasteiger partial charge in [0.2, 0.25) is 0 Å². The monoisotopic (exact) mass is 476 g/mol. The van der Waals surface area contributed by atoms with Crippen LogP contribution in [0, 0.1) is 11.3 Å². The Morgan fingerprint density at radius 1 is 1.08 bits per heavy atom. The van der Waals surface area contributed by atoms with E-state index in [4.69, 9.17) is 4.74 Å². The molecule has 0 saturated carbocycles. The first-order valence-electron chi connectivity index (χ1n) is 12.0. The summed E-state index contributed by atoms with van der Waals surface area (Å²) in [6, 6.07) is 14.9. The van der Waals surface area contributed by atoms with Crippen molar-refractivity contribution in [1.82, 2.24) is 29.6 Å². The standard InChI is InChI=1S/C27H24N8O/c1-33-5-6-35-19(13-33)14-36-25-9-16(3-4-24(25)35)26-21-10-20(17(11-28)7-22(21)31-32-26)18-8-23-27(29-12-18)34(2)15-30-23/h3-4,7-10,12,15,19H,5-6,13-14H2,1-2H3,(H,31,32). The third-order valence-electron chi connectivity index (χ3n) is 7.34. The Balaban J connectivity index is 1.32. The van der Waals surface area contributed by atoms with E-state index in [0.717, 1.165) is 75.5 Å². The third kappa shape index (κ3) is 3.15. The highest BCUT2D eigenvalue weighted by Gasteiger charge is 2.32. The van der Waals surface area contributed by atoms with Crippen LogP contribution < -0.4 is 9.64 Å². The summed E-state index contributed by atoms with van der Waals surface area (Å²) in [5, 5.41) is 18.6. The highest BCUT2D eigenvalue weighted by atomic mass is 16.5. The second-order valence-corrected chi connectivity index (χ2v) is 9.65. The Morgan fingerprint density at radius 2 is 2.00 bits per heavy atom. The Hall–Kier alpha value is -4.42. The molecule has 3 aromatic heterocycles. The van der Waals surface area contributed by atoms with E-state index in [1.807, 2.05) is 29.8 Å². The van der Waals surface area contributed by atoms with Gasteiger partial charge in [-0.3, -0.25) is 5.10 Å². The summed E-state index contributed by atoms with van der Waals surface area (Å²) in [6.07, 6.45) is 3.54. The van der Waals surface area contributed by atoms with Crippen molar-refractivity contribution in [2.24, 2.45) is 7.05 Å². The molecule has 2 aliphatic rings. The quantitative estimate of drug-likeness (QED) is 0.416. The number of hydrogen-bond donors (Lipinski definition) is 1. The molecular formula is C27H24N8O. The molecule has 0 radical (unpaired) electrons. The summed E-state index contributed by atoms with van der Waals surface area (Å²) >= 11 is 0. The van der Waals surface area contributed by atoms with Crippen molar-refractivity contribution in [3.63, 3.8) is 0 Å². The minimum atomic E-state index is 0.380. The fraction of sp³-hybridized carbons (Fsp3) is 0.259. The van der Waals surface area contributed by atoms with E-state index in [-0.39, 0.29) is 0 Å². The fourth-order valence-corrected chi connectivity index (χ4v) is 5.45. The molecule has 9 nitrogen and oxygen atoms in total. The molecule has 1 saturated heterocycles. The molecule has 9 heteroatoms. The number of aromatic amines is 1. The summed E-state index contributed by atoms with van der Waals surface area (Å²) in [4.78, 5) is 13.8. The van der Waals surface area contributed by atoms with Gasteiger partial charge in [-0.15, -0.1) is 0 Å². The van der Waals surface area contributed by atoms with Crippen molar-refractivity contribution in [2.45, 2.75) is 6.04 Å². The molecule has 1 fully saturated rings. The zero-order valence-corrected chi connectivity index (χ0v) is 20.1. The molecule has 2 aliphatic heterocycles. The molecule has 7 rings (SSSR count). The molecule has 36 heavy (non-hydrogen) atoms. The Kier molecular flexibility index (Phi) is 4.53. The van der Waals surface area contributed by atoms with Gasteiger partial charge in [-0.05, 0) is 37.4 Å². The number of hydrogen-bond acceptors (Lipinski definition) is 7. The molecule has 0 aliphatic carbocycles. The van der Waals surface area contributed by atoms with Crippen LogP contribution in [0.5, 0.6) is 5.75 Å². The number of H-pyrrole nitrogens is 1. The van der Waals surface area contributed by atoms with Crippen LogP contribution in [-0.4, -0.2) is 69.0 Å². The van der Waals surface area contributed by atoms with Crippen molar-refractivity contribution >= 4 is 27.8 Å². The number of imidazole rings is 1. The van der Waals surface area contributed by atoms with Crippen molar-refractivity contribution in [1.29, 1.82) is 5.26 Å². The van der Waals surface area contributed by atoms with Gasteiger partial charge in [0.15, 0.2) is 5.65 Å². The van der Waals surface area contributed by atoms with Crippen LogP contribution in [0.1, 0.15) is 5.56 Å². The number of aryl methyl sites for hydroxylation is 1. The van der Waals surface area contributed by atoms with Crippen LogP contribution in [0.4, 0.5) is 5.69 Å². The summed E-state index contributed by atoms with van der Waals surface area (Å²) in [6.45, 7) is 3.73. The second kappa shape index (κ2) is 7.80. The predicted octanol–water partition coefficient (Wildman–Crippen LogP) is 3.56. The summed E-state index contributed by atoms with van der Waals surface area (Å²) in [5.74, 6) is 0.892. The van der Waals surface area contributed by atoms with E-state index in [1.54, 1.807) is 12.5 Å². The van der Waals surface area contributed by atoms with E-state index in [0.29, 0.717) is 18.2 Å². The maximum atomic E-state index is 9.88. The average molecular weight is 477 g/mol. The first kappa shape index (κ1) is 20.9. The third-order valence-corrected chi connectivity index (χ3v) is 7.34. The number of likely N-dealkylation sites (N-methyl/N-ethyl adjacent to an activating group) is 1. The maximum absolute atomic E-state index is 9.88. The molecule has 0 amide bonds. The summed E-state index contributed by atoms with van der Waals surface area (Å²) < 4.78 is 8.08. The average Bonchev–Trinajstić information content (AvgIpc) is 3.49. The summed E-state index contributed by atoms with van der Waals surface area (Å²) in [5.41, 5.74) is 7.57. The van der Waals surface area contributed by atoms with Gasteiger partial charge in [0.05, 0.1) is 35.2 Å². The summed E-state index contributed by atoms with van der Waals surface area (Å²) in [7, 11) is 4.08. The second-order valence-electron chi connectivity index (χ2n) is 9.65. The number of fused-ring (bicyclic) bond motifs is 5. The number of aromatic nitrogens is 5. The minimum absolute atomic E-state index is 0.380. The van der Waals surface area contributed by atoms with Gasteiger partial charge in [0.25, 0.3) is 0 Å². The van der Waals surface area contributed by atoms with E-state index in [2.05, 4.69) is 61.3 Å². The number of nitrogens with one attached hydrogen (secondary N) is 1. The highest BCUT2D eigenvalue weighted by molar-refractivity contribution is 5.98. The van der Waals surface area contributed by atoms with Crippen LogP contribution >= 0.6 is 0 Å². The lowest BCUT2D eigenvalue weighted by molar-refractivity contribution is 0.188. The first-order chi connectivity index (χ1) is 17.6. The lowest BCUT2D eigenvalue weighted by Crippen LogP contribution is -2.56. The SMILES string of the molecule is CN1CCN2c3ccc(-c4n[nH]c5cc(C#N)c(-c6cnc7c(c6)ncn7C)cc45)cc3OCC2C1. The lowest BCUT2D eigenvalue weighted by atomic mass is 9.97. The lowest BCUT2D eigenvalue weighted by Gasteiger charge is -2.44. The van der Waals surface area contributed by atoms with Gasteiger partial charge >= 0.3 is 0 Å². The van der Waals surface area contributed by atoms with Gasteiger partial charge in [-0.1, -0.05) is 6.07 Å². The molecule has 0 bridgehead atoms. The number of nitriles is 1. The zero-order valence-electron chi connectivity index (χ0n) is 20.1. The Morgan fingerprint density at radius 3 is 2.89 bits per heavy atom. The van der Waals surface area contributed by atoms with Crippen molar-refractivity contribution in [3.05, 3.63) is 54.5 Å². The topological polar surface area (TPSA) is 98.9 Å². The number of rotatable bonds is 2. The molecule has 1 unspecified atom stereocenters. The number of pyridine rings is 1. The Bertz CT molecular complexity index is 1690. The molecule has 5 heterocycles. The van der Waals surface area contributed by atoms with E-state index in [1.165, 1.54) is 0 Å². The van der Waals surface area contributed by atoms with Crippen molar-refractivity contribution in [3.8, 4) is 34.2 Å². The van der Waals surface area contributed by atoms with Gasteiger partial charge in [-0.25, -0.2) is 9.97 Å². The smallest absolute Gasteiger partial charge is 0.159 e. The fourth-order valence-electron chi connectivity index (χ4n) is 5.45. The van der Waals surface area contributed by atoms with Crippen LogP contribution in [-0.2, 0) is 7.05 Å². The molecule has 2 aromatic carbocycles. The van der Waals surface area contributed by atoms with E-state index >= 15 is 0 Å². The van der Waals surface area contributed by atoms with Gasteiger partial charge in [0, 0.05) is 55.0 Å². The zero-order chi connectivity index (χ0) is 24.4. The van der Waals surface area contributed by atoms with E-state index in [9.17, 15) is 5.26 Å². The number of piperazine rings is 1. The normalized spacial score (nSPS) is 17.6. The number of anilines is 1. The molecule has 1 N–H and O–H groups in total. The largest absolute Gasteiger partial charge is 0.489 e. The highest BCUT2D eigenvalue weighted by Crippen LogP contribution is 2.40. The van der Waals surface area contributed by atoms with Gasteiger partial charge in [-0.2, -0.15) is 10.4 Å².